The molecule has 1 aliphatic heterocycles. The standard InChI is InChI=1S/C16H24N2O3/c17-9-13-21-15-6-10-18(11-7-15)16(19)8-12-20-14-4-2-1-3-5-14/h1-5,15H,6-13,17H2. The fraction of sp³-hybridized carbons (Fsp3) is 0.562. The molecule has 0 bridgehead atoms. The molecule has 0 aromatic heterocycles. The Hall–Kier alpha value is -1.59. The van der Waals surface area contributed by atoms with Crippen molar-refractivity contribution in [1.29, 1.82) is 0 Å². The molecule has 1 aromatic carbocycles. The number of para-hydroxylation sites is 1. The van der Waals surface area contributed by atoms with E-state index >= 15 is 0 Å². The number of carbonyl (C=O) groups excluding carboxylic acids is 1. The van der Waals surface area contributed by atoms with E-state index in [1.54, 1.807) is 0 Å². The minimum absolute atomic E-state index is 0.156. The van der Waals surface area contributed by atoms with Crippen molar-refractivity contribution < 1.29 is 14.3 Å². The maximum absolute atomic E-state index is 12.1. The van der Waals surface area contributed by atoms with Gasteiger partial charge in [0.05, 0.1) is 25.7 Å². The van der Waals surface area contributed by atoms with Crippen LogP contribution in [0.1, 0.15) is 19.3 Å². The Kier molecular flexibility index (Phi) is 6.50. The Morgan fingerprint density at radius 2 is 1.90 bits per heavy atom. The minimum atomic E-state index is 0.156. The lowest BCUT2D eigenvalue weighted by Gasteiger charge is -2.32. The van der Waals surface area contributed by atoms with Crippen LogP contribution in [0.25, 0.3) is 0 Å². The number of carbonyl (C=O) groups is 1. The van der Waals surface area contributed by atoms with E-state index in [1.165, 1.54) is 0 Å². The first kappa shape index (κ1) is 15.8. The molecule has 1 saturated heterocycles. The molecule has 5 nitrogen and oxygen atoms in total. The number of ether oxygens (including phenoxy) is 2. The normalized spacial score (nSPS) is 16.0. The van der Waals surface area contributed by atoms with Crippen molar-refractivity contribution in [3.63, 3.8) is 0 Å². The molecule has 1 aliphatic rings. The number of benzene rings is 1. The third-order valence-corrected chi connectivity index (χ3v) is 3.59. The topological polar surface area (TPSA) is 64.8 Å². The number of hydrogen-bond donors (Lipinski definition) is 1. The summed E-state index contributed by atoms with van der Waals surface area (Å²) in [6.45, 7) is 3.10. The average molecular weight is 292 g/mol. The molecule has 5 heteroatoms. The smallest absolute Gasteiger partial charge is 0.226 e. The van der Waals surface area contributed by atoms with Crippen LogP contribution in [-0.4, -0.2) is 49.8 Å². The highest BCUT2D eigenvalue weighted by Gasteiger charge is 2.22. The zero-order valence-electron chi connectivity index (χ0n) is 12.4. The van der Waals surface area contributed by atoms with Crippen LogP contribution in [0.5, 0.6) is 5.75 Å². The predicted molar refractivity (Wildman–Crippen MR) is 81.2 cm³/mol. The lowest BCUT2D eigenvalue weighted by molar-refractivity contribution is -0.134. The number of amides is 1. The lowest BCUT2D eigenvalue weighted by atomic mass is 10.1. The van der Waals surface area contributed by atoms with Crippen molar-refractivity contribution >= 4 is 5.91 Å². The van der Waals surface area contributed by atoms with Crippen molar-refractivity contribution in [2.75, 3.05) is 32.8 Å². The number of rotatable bonds is 7. The molecule has 0 radical (unpaired) electrons. The molecular formula is C16H24N2O3. The molecular weight excluding hydrogens is 268 g/mol. The van der Waals surface area contributed by atoms with Gasteiger partial charge in [0.2, 0.25) is 5.91 Å². The van der Waals surface area contributed by atoms with Crippen LogP contribution < -0.4 is 10.5 Å². The van der Waals surface area contributed by atoms with E-state index in [2.05, 4.69) is 0 Å². The van der Waals surface area contributed by atoms with Gasteiger partial charge in [-0.05, 0) is 25.0 Å². The first-order chi connectivity index (χ1) is 10.3. The summed E-state index contributed by atoms with van der Waals surface area (Å²) in [5.41, 5.74) is 5.42. The first-order valence-electron chi connectivity index (χ1n) is 7.57. The average Bonchev–Trinajstić information content (AvgIpc) is 2.54. The van der Waals surface area contributed by atoms with Crippen molar-refractivity contribution in [1.82, 2.24) is 4.90 Å². The van der Waals surface area contributed by atoms with Crippen LogP contribution in [0.15, 0.2) is 30.3 Å². The summed E-state index contributed by atoms with van der Waals surface area (Å²) in [7, 11) is 0. The highest BCUT2D eigenvalue weighted by atomic mass is 16.5. The molecule has 2 rings (SSSR count). The van der Waals surface area contributed by atoms with Gasteiger partial charge in [-0.2, -0.15) is 0 Å². The number of piperidine rings is 1. The second kappa shape index (κ2) is 8.64. The van der Waals surface area contributed by atoms with Gasteiger partial charge in [0.1, 0.15) is 5.75 Å². The zero-order chi connectivity index (χ0) is 14.9. The molecule has 0 atom stereocenters. The van der Waals surface area contributed by atoms with Gasteiger partial charge in [0, 0.05) is 19.6 Å². The van der Waals surface area contributed by atoms with Gasteiger partial charge >= 0.3 is 0 Å². The Labute approximate surface area is 126 Å². The zero-order valence-corrected chi connectivity index (χ0v) is 12.4. The van der Waals surface area contributed by atoms with Crippen LogP contribution in [0.3, 0.4) is 0 Å². The van der Waals surface area contributed by atoms with Crippen LogP contribution in [0, 0.1) is 0 Å². The summed E-state index contributed by atoms with van der Waals surface area (Å²) >= 11 is 0. The number of nitrogens with zero attached hydrogens (tertiary/aromatic N) is 1. The maximum atomic E-state index is 12.1. The van der Waals surface area contributed by atoms with Crippen LogP contribution in [0.4, 0.5) is 0 Å². The quantitative estimate of drug-likeness (QED) is 0.825. The second-order valence-electron chi connectivity index (χ2n) is 5.15. The molecule has 0 spiro atoms. The van der Waals surface area contributed by atoms with Crippen LogP contribution in [0.2, 0.25) is 0 Å². The summed E-state index contributed by atoms with van der Waals surface area (Å²) in [6.07, 6.45) is 2.46. The largest absolute Gasteiger partial charge is 0.493 e. The Balaban J connectivity index is 1.63. The fourth-order valence-electron chi connectivity index (χ4n) is 2.44. The van der Waals surface area contributed by atoms with Gasteiger partial charge in [-0.3, -0.25) is 4.79 Å². The fourth-order valence-corrected chi connectivity index (χ4v) is 2.44. The van der Waals surface area contributed by atoms with E-state index in [1.807, 2.05) is 35.2 Å². The van der Waals surface area contributed by atoms with Gasteiger partial charge in [0.15, 0.2) is 0 Å². The van der Waals surface area contributed by atoms with E-state index in [4.69, 9.17) is 15.2 Å². The Morgan fingerprint density at radius 1 is 1.19 bits per heavy atom. The highest BCUT2D eigenvalue weighted by Crippen LogP contribution is 2.15. The number of nitrogens with two attached hydrogens (primary N) is 1. The third kappa shape index (κ3) is 5.36. The van der Waals surface area contributed by atoms with Gasteiger partial charge in [-0.15, -0.1) is 0 Å². The SMILES string of the molecule is NCCOC1CCN(C(=O)CCOc2ccccc2)CC1. The van der Waals surface area contributed by atoms with E-state index < -0.39 is 0 Å². The van der Waals surface area contributed by atoms with E-state index in [9.17, 15) is 4.79 Å². The second-order valence-corrected chi connectivity index (χ2v) is 5.15. The predicted octanol–water partition coefficient (Wildman–Crippen LogP) is 1.42. The summed E-state index contributed by atoms with van der Waals surface area (Å²) < 4.78 is 11.2. The van der Waals surface area contributed by atoms with Gasteiger partial charge in [0.25, 0.3) is 0 Å². The van der Waals surface area contributed by atoms with Crippen molar-refractivity contribution in [3.05, 3.63) is 30.3 Å². The summed E-state index contributed by atoms with van der Waals surface area (Å²) in [5.74, 6) is 0.961. The molecule has 116 valence electrons. The first-order valence-corrected chi connectivity index (χ1v) is 7.57. The Bertz CT molecular complexity index is 417. The molecule has 2 N–H and O–H groups in total. The monoisotopic (exact) mass is 292 g/mol. The van der Waals surface area contributed by atoms with Gasteiger partial charge in [-0.1, -0.05) is 18.2 Å². The molecule has 0 aliphatic carbocycles. The van der Waals surface area contributed by atoms with Gasteiger partial charge in [-0.25, -0.2) is 0 Å². The van der Waals surface area contributed by atoms with Crippen molar-refractivity contribution in [2.24, 2.45) is 5.73 Å². The van der Waals surface area contributed by atoms with Crippen molar-refractivity contribution in [3.8, 4) is 5.75 Å². The van der Waals surface area contributed by atoms with Gasteiger partial charge < -0.3 is 20.1 Å². The minimum Gasteiger partial charge on any atom is -0.493 e. The molecule has 1 fully saturated rings. The van der Waals surface area contributed by atoms with Crippen LogP contribution in [-0.2, 0) is 9.53 Å². The highest BCUT2D eigenvalue weighted by molar-refractivity contribution is 5.76. The molecule has 1 heterocycles. The summed E-state index contributed by atoms with van der Waals surface area (Å²) in [4.78, 5) is 14.0. The lowest BCUT2D eigenvalue weighted by Crippen LogP contribution is -2.41. The van der Waals surface area contributed by atoms with E-state index in [-0.39, 0.29) is 12.0 Å². The Morgan fingerprint density at radius 3 is 2.57 bits per heavy atom. The molecule has 1 amide bonds. The van der Waals surface area contributed by atoms with E-state index in [0.29, 0.717) is 26.2 Å². The molecule has 0 unspecified atom stereocenters. The molecule has 0 saturated carbocycles. The number of likely N-dealkylation sites (tertiary alicyclic amines) is 1. The van der Waals surface area contributed by atoms with Crippen LogP contribution >= 0.6 is 0 Å². The molecule has 21 heavy (non-hydrogen) atoms. The summed E-state index contributed by atoms with van der Waals surface area (Å²) in [6, 6.07) is 9.57. The summed E-state index contributed by atoms with van der Waals surface area (Å²) in [5, 5.41) is 0. The third-order valence-electron chi connectivity index (χ3n) is 3.59. The van der Waals surface area contributed by atoms with E-state index in [0.717, 1.165) is 31.7 Å². The number of hydrogen-bond acceptors (Lipinski definition) is 4. The molecule has 1 aromatic rings. The van der Waals surface area contributed by atoms with Crippen molar-refractivity contribution in [2.45, 2.75) is 25.4 Å². The maximum Gasteiger partial charge on any atom is 0.226 e.